The summed E-state index contributed by atoms with van der Waals surface area (Å²) in [5, 5.41) is 21.3. The minimum Gasteiger partial charge on any atom is -0.390 e. The number of benzene rings is 1. The summed E-state index contributed by atoms with van der Waals surface area (Å²) in [5.41, 5.74) is 1.33. The van der Waals surface area contributed by atoms with Crippen LogP contribution in [-0.2, 0) is 0 Å². The van der Waals surface area contributed by atoms with Gasteiger partial charge in [0.2, 0.25) is 0 Å². The highest BCUT2D eigenvalue weighted by Gasteiger charge is 2.20. The first-order valence-corrected chi connectivity index (χ1v) is 6.51. The van der Waals surface area contributed by atoms with Crippen LogP contribution in [0.25, 0.3) is 10.9 Å². The molecule has 2 N–H and O–H groups in total. The first-order valence-electron chi connectivity index (χ1n) is 5.59. The summed E-state index contributed by atoms with van der Waals surface area (Å²) in [7, 11) is 0. The van der Waals surface area contributed by atoms with Crippen LogP contribution in [0.1, 0.15) is 18.1 Å². The number of aliphatic hydroxyl groups is 2. The van der Waals surface area contributed by atoms with Crippen molar-refractivity contribution in [3.8, 4) is 0 Å². The molecule has 2 aromatic rings. The lowest BCUT2D eigenvalue weighted by atomic mass is 9.99. The van der Waals surface area contributed by atoms with Gasteiger partial charge in [-0.05, 0) is 30.2 Å². The molecule has 18 heavy (non-hydrogen) atoms. The molecule has 0 bridgehead atoms. The van der Waals surface area contributed by atoms with E-state index in [1.54, 1.807) is 30.5 Å². The molecule has 0 amide bonds. The van der Waals surface area contributed by atoms with Gasteiger partial charge in [-0.25, -0.2) is 0 Å². The lowest BCUT2D eigenvalue weighted by Gasteiger charge is -2.18. The largest absolute Gasteiger partial charge is 0.390 e. The molecule has 2 unspecified atom stereocenters. The number of rotatable bonds is 4. The average molecular weight is 286 g/mol. The Morgan fingerprint density at radius 2 is 2.00 bits per heavy atom. The Labute approximate surface area is 115 Å². The van der Waals surface area contributed by atoms with Gasteiger partial charge < -0.3 is 10.2 Å². The van der Waals surface area contributed by atoms with Gasteiger partial charge in [-0.15, -0.1) is 11.6 Å². The molecule has 1 aromatic heterocycles. The van der Waals surface area contributed by atoms with Crippen LogP contribution in [-0.4, -0.2) is 27.2 Å². The molecule has 0 radical (unpaired) electrons. The van der Waals surface area contributed by atoms with E-state index < -0.39 is 12.2 Å². The molecule has 0 spiro atoms. The molecular formula is C13H13Cl2NO2. The molecule has 0 aliphatic heterocycles. The highest BCUT2D eigenvalue weighted by atomic mass is 35.5. The third kappa shape index (κ3) is 2.75. The number of hydrogen-bond donors (Lipinski definition) is 2. The number of halogens is 2. The molecule has 0 saturated carbocycles. The van der Waals surface area contributed by atoms with Gasteiger partial charge >= 0.3 is 0 Å². The van der Waals surface area contributed by atoms with Gasteiger partial charge in [-0.1, -0.05) is 17.7 Å². The van der Waals surface area contributed by atoms with E-state index in [4.69, 9.17) is 23.2 Å². The SMILES string of the molecule is OC(CCCl)C(O)c1ccnc2cc(Cl)ccc12. The lowest BCUT2D eigenvalue weighted by molar-refractivity contribution is 0.0178. The second-order valence-corrected chi connectivity index (χ2v) is 4.87. The van der Waals surface area contributed by atoms with Crippen molar-refractivity contribution in [2.24, 2.45) is 0 Å². The van der Waals surface area contributed by atoms with Gasteiger partial charge in [-0.2, -0.15) is 0 Å². The molecule has 96 valence electrons. The molecule has 0 aliphatic carbocycles. The number of alkyl halides is 1. The van der Waals surface area contributed by atoms with Crippen molar-refractivity contribution in [2.45, 2.75) is 18.6 Å². The summed E-state index contributed by atoms with van der Waals surface area (Å²) in [4.78, 5) is 4.19. The maximum absolute atomic E-state index is 10.1. The first kappa shape index (κ1) is 13.6. The van der Waals surface area contributed by atoms with Crippen LogP contribution in [0.5, 0.6) is 0 Å². The zero-order valence-electron chi connectivity index (χ0n) is 9.55. The minimum absolute atomic E-state index is 0.299. The molecule has 1 heterocycles. The predicted molar refractivity (Wildman–Crippen MR) is 73.1 cm³/mol. The van der Waals surface area contributed by atoms with Gasteiger partial charge in [0.25, 0.3) is 0 Å². The summed E-state index contributed by atoms with van der Waals surface area (Å²) in [5.74, 6) is 0.299. The predicted octanol–water partition coefficient (Wildman–Crippen LogP) is 2.91. The molecule has 0 saturated heterocycles. The molecular weight excluding hydrogens is 273 g/mol. The zero-order chi connectivity index (χ0) is 13.1. The van der Waals surface area contributed by atoms with Gasteiger partial charge in [0.1, 0.15) is 6.10 Å². The maximum Gasteiger partial charge on any atom is 0.106 e. The monoisotopic (exact) mass is 285 g/mol. The Balaban J connectivity index is 2.44. The zero-order valence-corrected chi connectivity index (χ0v) is 11.1. The van der Waals surface area contributed by atoms with Crippen LogP contribution < -0.4 is 0 Å². The number of pyridine rings is 1. The van der Waals surface area contributed by atoms with E-state index in [1.807, 2.05) is 0 Å². The first-order chi connectivity index (χ1) is 8.63. The fourth-order valence-corrected chi connectivity index (χ4v) is 2.27. The average Bonchev–Trinajstić information content (AvgIpc) is 2.37. The normalized spacial score (nSPS) is 14.7. The number of aromatic nitrogens is 1. The fraction of sp³-hybridized carbons (Fsp3) is 0.308. The van der Waals surface area contributed by atoms with E-state index in [1.165, 1.54) is 0 Å². The van der Waals surface area contributed by atoms with Crippen LogP contribution in [0, 0.1) is 0 Å². The summed E-state index contributed by atoms with van der Waals surface area (Å²) < 4.78 is 0. The quantitative estimate of drug-likeness (QED) is 0.850. The van der Waals surface area contributed by atoms with Gasteiger partial charge in [0.15, 0.2) is 0 Å². The highest BCUT2D eigenvalue weighted by Crippen LogP contribution is 2.27. The van der Waals surface area contributed by atoms with E-state index in [9.17, 15) is 10.2 Å². The van der Waals surface area contributed by atoms with E-state index in [-0.39, 0.29) is 0 Å². The fourth-order valence-electron chi connectivity index (χ4n) is 1.88. The van der Waals surface area contributed by atoms with E-state index >= 15 is 0 Å². The summed E-state index contributed by atoms with van der Waals surface area (Å²) in [6.45, 7) is 0. The van der Waals surface area contributed by atoms with Crippen LogP contribution in [0.4, 0.5) is 0 Å². The molecule has 1 aromatic carbocycles. The summed E-state index contributed by atoms with van der Waals surface area (Å²) in [6.07, 6.45) is 0.0595. The van der Waals surface area contributed by atoms with Crippen molar-refractivity contribution in [1.29, 1.82) is 0 Å². The number of hydrogen-bond acceptors (Lipinski definition) is 3. The van der Waals surface area contributed by atoms with Crippen LogP contribution in [0.15, 0.2) is 30.5 Å². The lowest BCUT2D eigenvalue weighted by Crippen LogP contribution is -2.19. The number of aliphatic hydroxyl groups excluding tert-OH is 2. The van der Waals surface area contributed by atoms with Crippen molar-refractivity contribution in [1.82, 2.24) is 4.98 Å². The molecule has 2 rings (SSSR count). The van der Waals surface area contributed by atoms with E-state index in [2.05, 4.69) is 4.98 Å². The Bertz CT molecular complexity index is 548. The Morgan fingerprint density at radius 3 is 2.72 bits per heavy atom. The standard InChI is InChI=1S/C13H13Cl2NO2/c14-5-3-12(17)13(18)10-4-6-16-11-7-8(15)1-2-9(10)11/h1-2,4,6-7,12-13,17-18H,3,5H2. The van der Waals surface area contributed by atoms with Crippen LogP contribution in [0.3, 0.4) is 0 Å². The number of nitrogens with zero attached hydrogens (tertiary/aromatic N) is 1. The molecule has 3 nitrogen and oxygen atoms in total. The van der Waals surface area contributed by atoms with E-state index in [0.29, 0.717) is 28.4 Å². The van der Waals surface area contributed by atoms with Gasteiger partial charge in [0, 0.05) is 22.5 Å². The van der Waals surface area contributed by atoms with Crippen molar-refractivity contribution < 1.29 is 10.2 Å². The Kier molecular flexibility index (Phi) is 4.40. The summed E-state index contributed by atoms with van der Waals surface area (Å²) in [6, 6.07) is 6.94. The maximum atomic E-state index is 10.1. The highest BCUT2D eigenvalue weighted by molar-refractivity contribution is 6.31. The molecule has 5 heteroatoms. The van der Waals surface area contributed by atoms with Gasteiger partial charge in [0.05, 0.1) is 11.6 Å². The third-order valence-corrected chi connectivity index (χ3v) is 3.28. The molecule has 2 atom stereocenters. The second-order valence-electron chi connectivity index (χ2n) is 4.05. The van der Waals surface area contributed by atoms with Crippen molar-refractivity contribution in [3.63, 3.8) is 0 Å². The smallest absolute Gasteiger partial charge is 0.106 e. The Hall–Kier alpha value is -0.870. The second kappa shape index (κ2) is 5.85. The summed E-state index contributed by atoms with van der Waals surface area (Å²) >= 11 is 11.5. The van der Waals surface area contributed by atoms with Crippen LogP contribution >= 0.6 is 23.2 Å². The molecule has 0 aliphatic rings. The minimum atomic E-state index is -0.976. The van der Waals surface area contributed by atoms with Crippen molar-refractivity contribution in [2.75, 3.05) is 5.88 Å². The Morgan fingerprint density at radius 1 is 1.22 bits per heavy atom. The van der Waals surface area contributed by atoms with Gasteiger partial charge in [-0.3, -0.25) is 4.98 Å². The van der Waals surface area contributed by atoms with Crippen molar-refractivity contribution >= 4 is 34.1 Å². The molecule has 0 fully saturated rings. The van der Waals surface area contributed by atoms with E-state index in [0.717, 1.165) is 5.39 Å². The number of fused-ring (bicyclic) bond motifs is 1. The topological polar surface area (TPSA) is 53.4 Å². The van der Waals surface area contributed by atoms with Crippen LogP contribution in [0.2, 0.25) is 5.02 Å². The third-order valence-electron chi connectivity index (χ3n) is 2.83. The van der Waals surface area contributed by atoms with Crippen molar-refractivity contribution in [3.05, 3.63) is 41.0 Å².